The van der Waals surface area contributed by atoms with Crippen LogP contribution in [0.3, 0.4) is 0 Å². The van der Waals surface area contributed by atoms with Gasteiger partial charge in [0.05, 0.1) is 9.79 Å². The summed E-state index contributed by atoms with van der Waals surface area (Å²) in [5.41, 5.74) is 4.71. The van der Waals surface area contributed by atoms with E-state index in [2.05, 4.69) is 9.44 Å². The minimum absolute atomic E-state index is 0.0670. The molecule has 8 heteroatoms. The van der Waals surface area contributed by atoms with E-state index in [0.717, 1.165) is 16.7 Å². The zero-order valence-corrected chi connectivity index (χ0v) is 17.4. The van der Waals surface area contributed by atoms with Crippen LogP contribution < -0.4 is 9.44 Å². The molecule has 0 atom stereocenters. The Morgan fingerprint density at radius 3 is 1.50 bits per heavy atom. The Labute approximate surface area is 155 Å². The summed E-state index contributed by atoms with van der Waals surface area (Å²) in [6, 6.07) is 5.57. The molecule has 0 bridgehead atoms. The lowest BCUT2D eigenvalue weighted by molar-refractivity contribution is 0.588. The van der Waals surface area contributed by atoms with E-state index in [9.17, 15) is 16.8 Å². The molecule has 0 saturated carbocycles. The molecule has 2 aromatic rings. The van der Waals surface area contributed by atoms with Gasteiger partial charge in [0.2, 0.25) is 10.0 Å². The number of nitrogens with one attached hydrogen (secondary N) is 2. The van der Waals surface area contributed by atoms with Crippen LogP contribution in [0.4, 0.5) is 5.69 Å². The number of benzene rings is 2. The van der Waals surface area contributed by atoms with E-state index in [4.69, 9.17) is 0 Å². The largest absolute Gasteiger partial charge is 0.280 e. The van der Waals surface area contributed by atoms with Crippen molar-refractivity contribution in [1.29, 1.82) is 0 Å². The molecule has 0 aliphatic rings. The van der Waals surface area contributed by atoms with Crippen LogP contribution in [0.5, 0.6) is 0 Å². The van der Waals surface area contributed by atoms with Crippen molar-refractivity contribution in [2.75, 3.05) is 11.8 Å². The standard InChI is InChI=1S/C18H24N2O4S2/c1-11-12(2)14(4)18(15(5)13(11)3)26(23,24)20-16-7-9-17(10-8-16)25(21,22)19-6/h7-10,19-20H,1-6H3. The van der Waals surface area contributed by atoms with Crippen molar-refractivity contribution in [3.05, 3.63) is 52.1 Å². The highest BCUT2D eigenvalue weighted by Gasteiger charge is 2.24. The Morgan fingerprint density at radius 1 is 0.654 bits per heavy atom. The first-order valence-electron chi connectivity index (χ1n) is 8.05. The molecule has 26 heavy (non-hydrogen) atoms. The van der Waals surface area contributed by atoms with Gasteiger partial charge in [0.15, 0.2) is 0 Å². The summed E-state index contributed by atoms with van der Waals surface area (Å²) in [7, 11) is -6.05. The molecule has 2 rings (SSSR count). The van der Waals surface area contributed by atoms with Crippen molar-refractivity contribution in [2.24, 2.45) is 0 Å². The van der Waals surface area contributed by atoms with E-state index < -0.39 is 20.0 Å². The van der Waals surface area contributed by atoms with Crippen LogP contribution >= 0.6 is 0 Å². The molecule has 0 spiro atoms. The van der Waals surface area contributed by atoms with Gasteiger partial charge in [0.25, 0.3) is 10.0 Å². The Kier molecular flexibility index (Phi) is 5.51. The molecule has 0 fully saturated rings. The Balaban J connectivity index is 2.48. The SMILES string of the molecule is CNS(=O)(=O)c1ccc(NS(=O)(=O)c2c(C)c(C)c(C)c(C)c2C)cc1. The van der Waals surface area contributed by atoms with Crippen molar-refractivity contribution in [2.45, 2.75) is 44.4 Å². The first-order valence-corrected chi connectivity index (χ1v) is 11.0. The summed E-state index contributed by atoms with van der Waals surface area (Å²) < 4.78 is 54.2. The van der Waals surface area contributed by atoms with Gasteiger partial charge < -0.3 is 0 Å². The minimum atomic E-state index is -3.81. The number of sulfonamides is 2. The average Bonchev–Trinajstić information content (AvgIpc) is 2.58. The average molecular weight is 397 g/mol. The van der Waals surface area contributed by atoms with Crippen LogP contribution in [0.2, 0.25) is 0 Å². The Morgan fingerprint density at radius 2 is 1.08 bits per heavy atom. The summed E-state index contributed by atoms with van der Waals surface area (Å²) in [5, 5.41) is 0. The third-order valence-electron chi connectivity index (χ3n) is 4.89. The summed E-state index contributed by atoms with van der Waals surface area (Å²) >= 11 is 0. The maximum atomic E-state index is 13.0. The highest BCUT2D eigenvalue weighted by Crippen LogP contribution is 2.30. The van der Waals surface area contributed by atoms with Crippen LogP contribution in [-0.4, -0.2) is 23.9 Å². The number of hydrogen-bond donors (Lipinski definition) is 2. The molecule has 0 amide bonds. The van der Waals surface area contributed by atoms with Crippen molar-refractivity contribution >= 4 is 25.7 Å². The predicted octanol–water partition coefficient (Wildman–Crippen LogP) is 2.94. The summed E-state index contributed by atoms with van der Waals surface area (Å²) in [6.45, 7) is 9.40. The predicted molar refractivity (Wildman–Crippen MR) is 104 cm³/mol. The maximum absolute atomic E-state index is 13.0. The normalized spacial score (nSPS) is 12.2. The third kappa shape index (κ3) is 3.62. The molecule has 0 saturated heterocycles. The van der Waals surface area contributed by atoms with Crippen molar-refractivity contribution < 1.29 is 16.8 Å². The van der Waals surface area contributed by atoms with E-state index >= 15 is 0 Å². The first-order chi connectivity index (χ1) is 11.9. The van der Waals surface area contributed by atoms with E-state index in [1.165, 1.54) is 31.3 Å². The fraction of sp³-hybridized carbons (Fsp3) is 0.333. The first kappa shape index (κ1) is 20.4. The molecule has 0 aliphatic carbocycles. The molecule has 142 valence electrons. The molecule has 0 aromatic heterocycles. The Bertz CT molecular complexity index is 1030. The second-order valence-corrected chi connectivity index (χ2v) is 9.80. The van der Waals surface area contributed by atoms with Crippen LogP contribution in [0, 0.1) is 34.6 Å². The van der Waals surface area contributed by atoms with Crippen molar-refractivity contribution in [3.8, 4) is 0 Å². The van der Waals surface area contributed by atoms with Gasteiger partial charge in [-0.05, 0) is 93.7 Å². The summed E-state index contributed by atoms with van der Waals surface area (Å²) in [4.78, 5) is 0.336. The number of hydrogen-bond acceptors (Lipinski definition) is 4. The fourth-order valence-electron chi connectivity index (χ4n) is 2.89. The van der Waals surface area contributed by atoms with Gasteiger partial charge in [0.1, 0.15) is 0 Å². The van der Waals surface area contributed by atoms with Crippen molar-refractivity contribution in [3.63, 3.8) is 0 Å². The van der Waals surface area contributed by atoms with Crippen LogP contribution in [0.15, 0.2) is 34.1 Å². The summed E-state index contributed by atoms with van der Waals surface area (Å²) in [5.74, 6) is 0. The van der Waals surface area contributed by atoms with Gasteiger partial charge in [0, 0.05) is 5.69 Å². The molecule has 0 unspecified atom stereocenters. The zero-order chi connectivity index (χ0) is 19.9. The second kappa shape index (κ2) is 7.02. The van der Waals surface area contributed by atoms with Crippen LogP contribution in [-0.2, 0) is 20.0 Å². The molecular weight excluding hydrogens is 372 g/mol. The van der Waals surface area contributed by atoms with Gasteiger partial charge in [-0.1, -0.05) is 0 Å². The topological polar surface area (TPSA) is 92.3 Å². The summed E-state index contributed by atoms with van der Waals surface area (Å²) in [6.07, 6.45) is 0. The lowest BCUT2D eigenvalue weighted by atomic mass is 9.95. The molecule has 6 nitrogen and oxygen atoms in total. The smallest absolute Gasteiger partial charge is 0.262 e. The molecule has 2 N–H and O–H groups in total. The molecular formula is C18H24N2O4S2. The van der Waals surface area contributed by atoms with Gasteiger partial charge in [-0.3, -0.25) is 4.72 Å². The highest BCUT2D eigenvalue weighted by atomic mass is 32.2. The number of rotatable bonds is 5. The third-order valence-corrected chi connectivity index (χ3v) is 7.97. The van der Waals surface area contributed by atoms with Gasteiger partial charge >= 0.3 is 0 Å². The molecule has 0 heterocycles. The number of anilines is 1. The van der Waals surface area contributed by atoms with Gasteiger partial charge in [-0.25, -0.2) is 21.6 Å². The van der Waals surface area contributed by atoms with E-state index in [1.54, 1.807) is 13.8 Å². The zero-order valence-electron chi connectivity index (χ0n) is 15.8. The monoisotopic (exact) mass is 396 g/mol. The lowest BCUT2D eigenvalue weighted by Crippen LogP contribution is -2.19. The second-order valence-electron chi connectivity index (χ2n) is 6.29. The maximum Gasteiger partial charge on any atom is 0.262 e. The van der Waals surface area contributed by atoms with Crippen LogP contribution in [0.25, 0.3) is 0 Å². The van der Waals surface area contributed by atoms with Crippen LogP contribution in [0.1, 0.15) is 27.8 Å². The van der Waals surface area contributed by atoms with E-state index in [0.29, 0.717) is 16.8 Å². The molecule has 0 aliphatic heterocycles. The minimum Gasteiger partial charge on any atom is -0.280 e. The molecule has 0 radical (unpaired) electrons. The van der Waals surface area contributed by atoms with Crippen molar-refractivity contribution in [1.82, 2.24) is 4.72 Å². The lowest BCUT2D eigenvalue weighted by Gasteiger charge is -2.19. The fourth-order valence-corrected chi connectivity index (χ4v) is 5.29. The van der Waals surface area contributed by atoms with Gasteiger partial charge in [-0.2, -0.15) is 0 Å². The highest BCUT2D eigenvalue weighted by molar-refractivity contribution is 7.92. The molecule has 2 aromatic carbocycles. The van der Waals surface area contributed by atoms with Gasteiger partial charge in [-0.15, -0.1) is 0 Å². The quantitative estimate of drug-likeness (QED) is 0.813. The Hall–Kier alpha value is -1.90. The van der Waals surface area contributed by atoms with E-state index in [-0.39, 0.29) is 9.79 Å². The van der Waals surface area contributed by atoms with E-state index in [1.807, 2.05) is 20.8 Å².